The Bertz CT molecular complexity index is 354. The first kappa shape index (κ1) is 12.4. The van der Waals surface area contributed by atoms with Crippen LogP contribution in [0.25, 0.3) is 0 Å². The monoisotopic (exact) mass is 234 g/mol. The van der Waals surface area contributed by atoms with E-state index in [1.165, 1.54) is 18.4 Å². The second-order valence-corrected chi connectivity index (χ2v) is 4.76. The minimum atomic E-state index is 0.348. The molecule has 17 heavy (non-hydrogen) atoms. The fourth-order valence-electron chi connectivity index (χ4n) is 2.47. The molecular weight excluding hydrogens is 212 g/mol. The van der Waals surface area contributed by atoms with Crippen molar-refractivity contribution in [1.82, 2.24) is 5.32 Å². The Morgan fingerprint density at radius 3 is 3.00 bits per heavy atom. The average molecular weight is 234 g/mol. The first-order valence-electron chi connectivity index (χ1n) is 6.41. The second kappa shape index (κ2) is 6.03. The molecule has 2 atom stereocenters. The first-order valence-corrected chi connectivity index (χ1v) is 6.41. The first-order chi connectivity index (χ1) is 8.29. The Morgan fingerprint density at radius 2 is 2.29 bits per heavy atom. The summed E-state index contributed by atoms with van der Waals surface area (Å²) >= 11 is 0. The maximum absolute atomic E-state index is 6.02. The fourth-order valence-corrected chi connectivity index (χ4v) is 2.47. The van der Waals surface area contributed by atoms with Gasteiger partial charge in [-0.2, -0.15) is 0 Å². The Balaban J connectivity index is 1.77. The third-order valence-electron chi connectivity index (χ3n) is 3.52. The van der Waals surface area contributed by atoms with Gasteiger partial charge in [-0.1, -0.05) is 18.6 Å². The van der Waals surface area contributed by atoms with Crippen LogP contribution < -0.4 is 15.8 Å². The number of nitrogens with two attached hydrogens (primary N) is 1. The molecule has 1 aromatic carbocycles. The number of hydrogen-bond donors (Lipinski definition) is 2. The van der Waals surface area contributed by atoms with E-state index in [1.807, 2.05) is 12.1 Å². The van der Waals surface area contributed by atoms with Crippen LogP contribution in [0.2, 0.25) is 0 Å². The summed E-state index contributed by atoms with van der Waals surface area (Å²) in [5.41, 5.74) is 7.33. The van der Waals surface area contributed by atoms with Crippen molar-refractivity contribution in [2.24, 2.45) is 5.73 Å². The number of hydrogen-bond acceptors (Lipinski definition) is 3. The van der Waals surface area contributed by atoms with Crippen LogP contribution in [-0.2, 0) is 6.42 Å². The zero-order valence-electron chi connectivity index (χ0n) is 10.5. The normalized spacial score (nSPS) is 23.9. The van der Waals surface area contributed by atoms with E-state index in [9.17, 15) is 0 Å². The lowest BCUT2D eigenvalue weighted by Crippen LogP contribution is -2.41. The van der Waals surface area contributed by atoms with Gasteiger partial charge >= 0.3 is 0 Å². The second-order valence-electron chi connectivity index (χ2n) is 4.76. The van der Waals surface area contributed by atoms with Crippen molar-refractivity contribution < 1.29 is 4.74 Å². The molecule has 1 aliphatic carbocycles. The van der Waals surface area contributed by atoms with Gasteiger partial charge in [-0.3, -0.25) is 0 Å². The number of nitrogens with one attached hydrogen (secondary N) is 1. The van der Waals surface area contributed by atoms with Crippen molar-refractivity contribution in [1.29, 1.82) is 0 Å². The Kier molecular flexibility index (Phi) is 4.40. The summed E-state index contributed by atoms with van der Waals surface area (Å²) < 4.78 is 5.21. The lowest BCUT2D eigenvalue weighted by molar-refractivity contribution is 0.414. The van der Waals surface area contributed by atoms with Crippen LogP contribution >= 0.6 is 0 Å². The highest BCUT2D eigenvalue weighted by Crippen LogP contribution is 2.17. The molecular formula is C14H22N2O. The molecule has 3 heteroatoms. The molecule has 0 amide bonds. The summed E-state index contributed by atoms with van der Waals surface area (Å²) in [7, 11) is 1.70. The highest BCUT2D eigenvalue weighted by molar-refractivity contribution is 5.28. The summed E-state index contributed by atoms with van der Waals surface area (Å²) in [5, 5.41) is 3.55. The molecule has 1 fully saturated rings. The van der Waals surface area contributed by atoms with Crippen molar-refractivity contribution in [3.05, 3.63) is 29.8 Å². The lowest BCUT2D eigenvalue weighted by atomic mass is 10.1. The van der Waals surface area contributed by atoms with Crippen molar-refractivity contribution in [3.8, 4) is 5.75 Å². The van der Waals surface area contributed by atoms with E-state index in [-0.39, 0.29) is 0 Å². The minimum Gasteiger partial charge on any atom is -0.497 e. The molecule has 3 N–H and O–H groups in total. The van der Waals surface area contributed by atoms with Crippen molar-refractivity contribution in [3.63, 3.8) is 0 Å². The van der Waals surface area contributed by atoms with E-state index in [0.29, 0.717) is 12.1 Å². The van der Waals surface area contributed by atoms with Gasteiger partial charge in [-0.05, 0) is 43.5 Å². The van der Waals surface area contributed by atoms with Gasteiger partial charge in [0.05, 0.1) is 7.11 Å². The summed E-state index contributed by atoms with van der Waals surface area (Å²) in [6.07, 6.45) is 4.68. The fraction of sp³-hybridized carbons (Fsp3) is 0.571. The van der Waals surface area contributed by atoms with Gasteiger partial charge in [0.1, 0.15) is 5.75 Å². The van der Waals surface area contributed by atoms with Gasteiger partial charge in [0.25, 0.3) is 0 Å². The number of ether oxygens (including phenoxy) is 1. The predicted molar refractivity (Wildman–Crippen MR) is 70.3 cm³/mol. The van der Waals surface area contributed by atoms with Crippen molar-refractivity contribution >= 4 is 0 Å². The Hall–Kier alpha value is -1.06. The maximum Gasteiger partial charge on any atom is 0.119 e. The molecule has 0 spiro atoms. The van der Waals surface area contributed by atoms with Gasteiger partial charge in [-0.15, -0.1) is 0 Å². The molecule has 0 bridgehead atoms. The van der Waals surface area contributed by atoms with Gasteiger partial charge in [0.2, 0.25) is 0 Å². The third-order valence-corrected chi connectivity index (χ3v) is 3.52. The molecule has 3 nitrogen and oxygen atoms in total. The maximum atomic E-state index is 6.02. The van der Waals surface area contributed by atoms with E-state index in [1.54, 1.807) is 7.11 Å². The third kappa shape index (κ3) is 3.45. The quantitative estimate of drug-likeness (QED) is 0.815. The SMILES string of the molecule is COc1cccc(CCNC2CCCC2N)c1. The molecule has 1 saturated carbocycles. The molecule has 0 radical (unpaired) electrons. The molecule has 1 aromatic rings. The molecule has 0 heterocycles. The smallest absolute Gasteiger partial charge is 0.119 e. The largest absolute Gasteiger partial charge is 0.497 e. The van der Waals surface area contributed by atoms with Gasteiger partial charge in [-0.25, -0.2) is 0 Å². The highest BCUT2D eigenvalue weighted by Gasteiger charge is 2.22. The number of rotatable bonds is 5. The van der Waals surface area contributed by atoms with Crippen LogP contribution in [-0.4, -0.2) is 25.7 Å². The van der Waals surface area contributed by atoms with Gasteiger partial charge in [0.15, 0.2) is 0 Å². The van der Waals surface area contributed by atoms with E-state index in [0.717, 1.165) is 25.1 Å². The average Bonchev–Trinajstić information content (AvgIpc) is 2.76. The summed E-state index contributed by atoms with van der Waals surface area (Å²) in [6.45, 7) is 0.992. The van der Waals surface area contributed by atoms with Crippen molar-refractivity contribution in [2.45, 2.75) is 37.8 Å². The molecule has 0 aliphatic heterocycles. The molecule has 1 aliphatic rings. The molecule has 0 saturated heterocycles. The molecule has 94 valence electrons. The lowest BCUT2D eigenvalue weighted by Gasteiger charge is -2.17. The van der Waals surface area contributed by atoms with Crippen LogP contribution in [0.5, 0.6) is 5.75 Å². The minimum absolute atomic E-state index is 0.348. The highest BCUT2D eigenvalue weighted by atomic mass is 16.5. The molecule has 0 aromatic heterocycles. The van der Waals surface area contributed by atoms with Gasteiger partial charge in [0, 0.05) is 12.1 Å². The van der Waals surface area contributed by atoms with E-state index in [2.05, 4.69) is 17.4 Å². The summed E-state index contributed by atoms with van der Waals surface area (Å²) in [6, 6.07) is 9.11. The Morgan fingerprint density at radius 1 is 1.41 bits per heavy atom. The summed E-state index contributed by atoms with van der Waals surface area (Å²) in [4.78, 5) is 0. The standard InChI is InChI=1S/C14H22N2O/c1-17-12-5-2-4-11(10-12)8-9-16-14-7-3-6-13(14)15/h2,4-5,10,13-14,16H,3,6-9,15H2,1H3. The van der Waals surface area contributed by atoms with Crippen LogP contribution in [0.4, 0.5) is 0 Å². The van der Waals surface area contributed by atoms with Crippen LogP contribution in [0, 0.1) is 0 Å². The zero-order chi connectivity index (χ0) is 12.1. The van der Waals surface area contributed by atoms with Crippen LogP contribution in [0.15, 0.2) is 24.3 Å². The summed E-state index contributed by atoms with van der Waals surface area (Å²) in [5.74, 6) is 0.931. The van der Waals surface area contributed by atoms with E-state index in [4.69, 9.17) is 10.5 Å². The van der Waals surface area contributed by atoms with Crippen molar-refractivity contribution in [2.75, 3.05) is 13.7 Å². The van der Waals surface area contributed by atoms with Crippen LogP contribution in [0.1, 0.15) is 24.8 Å². The number of methoxy groups -OCH3 is 1. The Labute approximate surface area is 103 Å². The zero-order valence-corrected chi connectivity index (χ0v) is 10.5. The topological polar surface area (TPSA) is 47.3 Å². The van der Waals surface area contributed by atoms with Gasteiger partial charge < -0.3 is 15.8 Å². The molecule has 2 rings (SSSR count). The van der Waals surface area contributed by atoms with Crippen LogP contribution in [0.3, 0.4) is 0 Å². The molecule has 2 unspecified atom stereocenters. The van der Waals surface area contributed by atoms with E-state index < -0.39 is 0 Å². The van der Waals surface area contributed by atoms with E-state index >= 15 is 0 Å². The predicted octanol–water partition coefficient (Wildman–Crippen LogP) is 1.71. The number of benzene rings is 1.